The molecule has 3 N–H and O–H groups in total. The molecule has 0 aliphatic heterocycles. The number of thiocarbonyl (C=S) groups is 1. The number of hydrogen-bond donors (Lipinski definition) is 2. The maximum Gasteiger partial charge on any atom is 0.258 e. The van der Waals surface area contributed by atoms with Gasteiger partial charge >= 0.3 is 0 Å². The van der Waals surface area contributed by atoms with Crippen LogP contribution >= 0.6 is 12.2 Å². The van der Waals surface area contributed by atoms with Gasteiger partial charge in [0.15, 0.2) is 0 Å². The molecule has 0 saturated carbocycles. The minimum absolute atomic E-state index is 0.114. The predicted molar refractivity (Wildman–Crippen MR) is 81.4 cm³/mol. The molecule has 0 saturated heterocycles. The van der Waals surface area contributed by atoms with E-state index < -0.39 is 17.5 Å². The molecule has 6 heteroatoms. The zero-order chi connectivity index (χ0) is 15.6. The second kappa shape index (κ2) is 5.97. The molecule has 3 nitrogen and oxygen atoms in total. The van der Waals surface area contributed by atoms with Crippen molar-refractivity contribution in [2.75, 3.05) is 5.32 Å². The van der Waals surface area contributed by atoms with E-state index in [9.17, 15) is 13.6 Å². The molecule has 0 unspecified atom stereocenters. The minimum Gasteiger partial charge on any atom is -0.389 e. The van der Waals surface area contributed by atoms with E-state index >= 15 is 0 Å². The molecular weight excluding hydrogens is 294 g/mol. The average molecular weight is 306 g/mol. The summed E-state index contributed by atoms with van der Waals surface area (Å²) in [5.41, 5.74) is 6.88. The highest BCUT2D eigenvalue weighted by atomic mass is 32.1. The summed E-state index contributed by atoms with van der Waals surface area (Å²) in [6, 6.07) is 7.76. The number of aryl methyl sites for hydroxylation is 1. The molecule has 1 amide bonds. The van der Waals surface area contributed by atoms with Gasteiger partial charge in [0.05, 0.1) is 11.3 Å². The standard InChI is InChI=1S/C15H12F2N2OS/c1-8-3-2-4-12(13(8)14(18)21)19-15(20)10-7-9(16)5-6-11(10)17/h2-7H,1H3,(H2,18,21)(H,19,20). The SMILES string of the molecule is Cc1cccc(NC(=O)c2cc(F)ccc2F)c1C(N)=S. The number of nitrogens with two attached hydrogens (primary N) is 1. The molecular formula is C15H12F2N2OS. The van der Waals surface area contributed by atoms with Crippen LogP contribution in [0, 0.1) is 18.6 Å². The van der Waals surface area contributed by atoms with E-state index in [0.29, 0.717) is 11.3 Å². The topological polar surface area (TPSA) is 55.1 Å². The zero-order valence-electron chi connectivity index (χ0n) is 11.1. The molecule has 108 valence electrons. The molecule has 2 aromatic carbocycles. The fraction of sp³-hybridized carbons (Fsp3) is 0.0667. The van der Waals surface area contributed by atoms with E-state index in [2.05, 4.69) is 5.32 Å². The molecule has 2 rings (SSSR count). The maximum absolute atomic E-state index is 13.6. The first-order valence-electron chi connectivity index (χ1n) is 6.06. The van der Waals surface area contributed by atoms with Crippen LogP contribution in [0.1, 0.15) is 21.5 Å². The number of halogens is 2. The second-order valence-corrected chi connectivity index (χ2v) is 4.88. The number of carbonyl (C=O) groups is 1. The van der Waals surface area contributed by atoms with Crippen LogP contribution in [0.4, 0.5) is 14.5 Å². The van der Waals surface area contributed by atoms with Gasteiger partial charge in [-0.15, -0.1) is 0 Å². The number of amides is 1. The van der Waals surface area contributed by atoms with Crippen LogP contribution in [0.25, 0.3) is 0 Å². The number of carbonyl (C=O) groups excluding carboxylic acids is 1. The van der Waals surface area contributed by atoms with Crippen molar-refractivity contribution >= 4 is 28.8 Å². The van der Waals surface area contributed by atoms with Crippen LogP contribution in [0.3, 0.4) is 0 Å². The van der Waals surface area contributed by atoms with Crippen molar-refractivity contribution in [3.8, 4) is 0 Å². The van der Waals surface area contributed by atoms with Crippen LogP contribution in [0.5, 0.6) is 0 Å². The fourth-order valence-corrected chi connectivity index (χ4v) is 2.23. The Morgan fingerprint density at radius 3 is 2.62 bits per heavy atom. The summed E-state index contributed by atoms with van der Waals surface area (Å²) < 4.78 is 26.7. The lowest BCUT2D eigenvalue weighted by atomic mass is 10.1. The molecule has 0 aromatic heterocycles. The first kappa shape index (κ1) is 15.1. The van der Waals surface area contributed by atoms with E-state index in [1.165, 1.54) is 0 Å². The van der Waals surface area contributed by atoms with Gasteiger partial charge < -0.3 is 11.1 Å². The smallest absolute Gasteiger partial charge is 0.258 e. The molecule has 0 aliphatic carbocycles. The van der Waals surface area contributed by atoms with Gasteiger partial charge in [-0.1, -0.05) is 24.4 Å². The van der Waals surface area contributed by atoms with Gasteiger partial charge in [0.2, 0.25) is 0 Å². The summed E-state index contributed by atoms with van der Waals surface area (Å²) in [4.78, 5) is 12.2. The Balaban J connectivity index is 2.39. The molecule has 0 heterocycles. The number of anilines is 1. The Labute approximate surface area is 125 Å². The van der Waals surface area contributed by atoms with Crippen LogP contribution in [-0.2, 0) is 0 Å². The Bertz CT molecular complexity index is 732. The van der Waals surface area contributed by atoms with Crippen molar-refractivity contribution in [1.29, 1.82) is 0 Å². The lowest BCUT2D eigenvalue weighted by Gasteiger charge is -2.13. The quantitative estimate of drug-likeness (QED) is 0.857. The third-order valence-electron chi connectivity index (χ3n) is 2.94. The van der Waals surface area contributed by atoms with E-state index in [0.717, 1.165) is 23.8 Å². The van der Waals surface area contributed by atoms with Crippen molar-refractivity contribution in [1.82, 2.24) is 0 Å². The van der Waals surface area contributed by atoms with Crippen molar-refractivity contribution in [3.63, 3.8) is 0 Å². The van der Waals surface area contributed by atoms with E-state index in [-0.39, 0.29) is 10.6 Å². The summed E-state index contributed by atoms with van der Waals surface area (Å²) in [6.45, 7) is 1.78. The first-order chi connectivity index (χ1) is 9.90. The Morgan fingerprint density at radius 1 is 1.24 bits per heavy atom. The van der Waals surface area contributed by atoms with Crippen molar-refractivity contribution < 1.29 is 13.6 Å². The molecule has 0 radical (unpaired) electrons. The molecule has 0 aliphatic rings. The van der Waals surface area contributed by atoms with Crippen LogP contribution in [-0.4, -0.2) is 10.9 Å². The minimum atomic E-state index is -0.807. The van der Waals surface area contributed by atoms with E-state index in [4.69, 9.17) is 18.0 Å². The number of benzene rings is 2. The molecule has 0 atom stereocenters. The molecule has 0 bridgehead atoms. The first-order valence-corrected chi connectivity index (χ1v) is 6.47. The molecule has 21 heavy (non-hydrogen) atoms. The number of nitrogens with one attached hydrogen (secondary N) is 1. The van der Waals surface area contributed by atoms with Crippen molar-refractivity contribution in [2.45, 2.75) is 6.92 Å². The summed E-state index contributed by atoms with van der Waals surface area (Å²) in [5, 5.41) is 2.50. The molecule has 2 aromatic rings. The third kappa shape index (κ3) is 3.22. The van der Waals surface area contributed by atoms with Gasteiger partial charge in [0.1, 0.15) is 16.6 Å². The highest BCUT2D eigenvalue weighted by molar-refractivity contribution is 7.80. The van der Waals surface area contributed by atoms with Gasteiger partial charge in [0.25, 0.3) is 5.91 Å². The summed E-state index contributed by atoms with van der Waals surface area (Å²) in [6.07, 6.45) is 0. The van der Waals surface area contributed by atoms with Gasteiger partial charge in [0, 0.05) is 5.56 Å². The second-order valence-electron chi connectivity index (χ2n) is 4.44. The van der Waals surface area contributed by atoms with Crippen LogP contribution in [0.15, 0.2) is 36.4 Å². The maximum atomic E-state index is 13.6. The normalized spacial score (nSPS) is 10.2. The fourth-order valence-electron chi connectivity index (χ4n) is 1.96. The number of hydrogen-bond acceptors (Lipinski definition) is 2. The van der Waals surface area contributed by atoms with Gasteiger partial charge in [-0.2, -0.15) is 0 Å². The predicted octanol–water partition coefficient (Wildman–Crippen LogP) is 3.16. The summed E-state index contributed by atoms with van der Waals surface area (Å²) in [7, 11) is 0. The Morgan fingerprint density at radius 2 is 1.95 bits per heavy atom. The Kier molecular flexibility index (Phi) is 4.28. The Hall–Kier alpha value is -2.34. The molecule has 0 fully saturated rings. The summed E-state index contributed by atoms with van der Waals surface area (Å²) >= 11 is 4.95. The van der Waals surface area contributed by atoms with Crippen LogP contribution in [0.2, 0.25) is 0 Å². The zero-order valence-corrected chi connectivity index (χ0v) is 11.9. The van der Waals surface area contributed by atoms with Gasteiger partial charge in [-0.3, -0.25) is 4.79 Å². The lowest BCUT2D eigenvalue weighted by Crippen LogP contribution is -2.19. The summed E-state index contributed by atoms with van der Waals surface area (Å²) in [5.74, 6) is -2.27. The highest BCUT2D eigenvalue weighted by Gasteiger charge is 2.16. The highest BCUT2D eigenvalue weighted by Crippen LogP contribution is 2.21. The van der Waals surface area contributed by atoms with E-state index in [1.54, 1.807) is 25.1 Å². The van der Waals surface area contributed by atoms with Gasteiger partial charge in [-0.25, -0.2) is 8.78 Å². The number of rotatable bonds is 3. The van der Waals surface area contributed by atoms with Crippen molar-refractivity contribution in [2.24, 2.45) is 5.73 Å². The third-order valence-corrected chi connectivity index (χ3v) is 3.14. The van der Waals surface area contributed by atoms with Gasteiger partial charge in [-0.05, 0) is 36.8 Å². The monoisotopic (exact) mass is 306 g/mol. The van der Waals surface area contributed by atoms with Crippen LogP contribution < -0.4 is 11.1 Å². The lowest BCUT2D eigenvalue weighted by molar-refractivity contribution is 0.102. The van der Waals surface area contributed by atoms with E-state index in [1.807, 2.05) is 0 Å². The largest absolute Gasteiger partial charge is 0.389 e. The van der Waals surface area contributed by atoms with Crippen molar-refractivity contribution in [3.05, 3.63) is 64.7 Å². The average Bonchev–Trinajstić information content (AvgIpc) is 2.41. The molecule has 0 spiro atoms.